The van der Waals surface area contributed by atoms with Crippen LogP contribution in [-0.4, -0.2) is 47.7 Å². The fraction of sp³-hybridized carbons (Fsp3) is 0.440. The van der Waals surface area contributed by atoms with Gasteiger partial charge in [-0.3, -0.25) is 0 Å². The molecule has 1 aliphatic heterocycles. The average molecular weight is 456 g/mol. The number of aryl methyl sites for hydroxylation is 1. The van der Waals surface area contributed by atoms with Crippen LogP contribution >= 0.6 is 11.6 Å². The third kappa shape index (κ3) is 5.43. The number of fused-ring (bicyclic) bond motifs is 1. The Morgan fingerprint density at radius 3 is 2.62 bits per heavy atom. The van der Waals surface area contributed by atoms with Crippen molar-refractivity contribution in [2.24, 2.45) is 5.92 Å². The normalized spacial score (nSPS) is 15.2. The van der Waals surface area contributed by atoms with Crippen molar-refractivity contribution < 1.29 is 14.3 Å². The molecule has 170 valence electrons. The maximum Gasteiger partial charge on any atom is 0.337 e. The van der Waals surface area contributed by atoms with Gasteiger partial charge in [-0.2, -0.15) is 0 Å². The number of piperidine rings is 1. The number of imidazole rings is 1. The summed E-state index contributed by atoms with van der Waals surface area (Å²) in [4.78, 5) is 19.2. The molecular weight excluding hydrogens is 426 g/mol. The summed E-state index contributed by atoms with van der Waals surface area (Å²) in [5.74, 6) is 2.03. The minimum Gasteiger partial charge on any atom is -0.486 e. The van der Waals surface area contributed by atoms with E-state index in [2.05, 4.69) is 16.5 Å². The van der Waals surface area contributed by atoms with Gasteiger partial charge in [-0.15, -0.1) is 0 Å². The van der Waals surface area contributed by atoms with Gasteiger partial charge in [0.25, 0.3) is 0 Å². The largest absolute Gasteiger partial charge is 0.486 e. The summed E-state index contributed by atoms with van der Waals surface area (Å²) >= 11 is 5.98. The van der Waals surface area contributed by atoms with Crippen LogP contribution in [0.15, 0.2) is 42.5 Å². The fourth-order valence-electron chi connectivity index (χ4n) is 4.35. The highest BCUT2D eigenvalue weighted by molar-refractivity contribution is 6.30. The molecule has 1 aliphatic rings. The van der Waals surface area contributed by atoms with Crippen LogP contribution in [0.2, 0.25) is 5.02 Å². The van der Waals surface area contributed by atoms with E-state index in [0.29, 0.717) is 17.2 Å². The van der Waals surface area contributed by atoms with E-state index in [1.54, 1.807) is 12.1 Å². The molecule has 32 heavy (non-hydrogen) atoms. The van der Waals surface area contributed by atoms with Gasteiger partial charge in [0, 0.05) is 11.6 Å². The summed E-state index contributed by atoms with van der Waals surface area (Å²) < 4.78 is 13.1. The van der Waals surface area contributed by atoms with E-state index in [1.807, 2.05) is 30.3 Å². The second-order valence-corrected chi connectivity index (χ2v) is 8.94. The molecule has 0 saturated carbocycles. The quantitative estimate of drug-likeness (QED) is 0.438. The molecule has 0 unspecified atom stereocenters. The van der Waals surface area contributed by atoms with Crippen LogP contribution in [-0.2, 0) is 17.9 Å². The standard InChI is InChI=1S/C25H30ClN3O3/c1-28-14-11-18(12-15-28)4-3-13-29-23-10-5-19(25(30)31-2)16-22(23)27-24(29)17-32-21-8-6-20(26)7-9-21/h5-10,16,18H,3-4,11-15,17H2,1-2H3. The van der Waals surface area contributed by atoms with E-state index in [4.69, 9.17) is 26.1 Å². The zero-order valence-corrected chi connectivity index (χ0v) is 19.5. The Labute approximate surface area is 194 Å². The van der Waals surface area contributed by atoms with Gasteiger partial charge in [-0.1, -0.05) is 11.6 Å². The predicted molar refractivity (Wildman–Crippen MR) is 126 cm³/mol. The summed E-state index contributed by atoms with van der Waals surface area (Å²) in [6.45, 7) is 3.60. The Bertz CT molecular complexity index is 1060. The monoisotopic (exact) mass is 455 g/mol. The average Bonchev–Trinajstić information content (AvgIpc) is 3.16. The number of ether oxygens (including phenoxy) is 2. The van der Waals surface area contributed by atoms with E-state index >= 15 is 0 Å². The van der Waals surface area contributed by atoms with Crippen molar-refractivity contribution in [2.45, 2.75) is 38.8 Å². The number of aromatic nitrogens is 2. The molecule has 0 bridgehead atoms. The lowest BCUT2D eigenvalue weighted by molar-refractivity contribution is 0.0601. The number of carbonyl (C=O) groups is 1. The number of hydrogen-bond acceptors (Lipinski definition) is 5. The summed E-state index contributed by atoms with van der Waals surface area (Å²) in [5.41, 5.74) is 2.29. The predicted octanol–water partition coefficient (Wildman–Crippen LogP) is 5.18. The molecule has 0 radical (unpaired) electrons. The van der Waals surface area contributed by atoms with Crippen molar-refractivity contribution >= 4 is 28.6 Å². The van der Waals surface area contributed by atoms with Gasteiger partial charge in [-0.25, -0.2) is 9.78 Å². The number of likely N-dealkylation sites (tertiary alicyclic amines) is 1. The second-order valence-electron chi connectivity index (χ2n) is 8.51. The third-order valence-electron chi connectivity index (χ3n) is 6.26. The Hall–Kier alpha value is -2.57. The Morgan fingerprint density at radius 2 is 1.91 bits per heavy atom. The molecule has 1 saturated heterocycles. The molecule has 0 amide bonds. The van der Waals surface area contributed by atoms with Gasteiger partial charge in [0.05, 0.1) is 23.7 Å². The van der Waals surface area contributed by atoms with Crippen LogP contribution in [0.5, 0.6) is 5.75 Å². The van der Waals surface area contributed by atoms with Crippen LogP contribution < -0.4 is 4.74 Å². The van der Waals surface area contributed by atoms with Crippen LogP contribution in [0, 0.1) is 5.92 Å². The first kappa shape index (κ1) is 22.6. The Morgan fingerprint density at radius 1 is 1.16 bits per heavy atom. The number of nitrogens with zero attached hydrogens (tertiary/aromatic N) is 3. The first-order chi connectivity index (χ1) is 15.5. The Balaban J connectivity index is 1.52. The van der Waals surface area contributed by atoms with E-state index in [0.717, 1.165) is 41.5 Å². The maximum atomic E-state index is 12.0. The van der Waals surface area contributed by atoms with Gasteiger partial charge in [0.15, 0.2) is 0 Å². The van der Waals surface area contributed by atoms with E-state index in [1.165, 1.54) is 39.5 Å². The molecule has 0 aliphatic carbocycles. The number of hydrogen-bond donors (Lipinski definition) is 0. The summed E-state index contributed by atoms with van der Waals surface area (Å²) in [5, 5.41) is 0.675. The van der Waals surface area contributed by atoms with E-state index in [-0.39, 0.29) is 5.97 Å². The summed E-state index contributed by atoms with van der Waals surface area (Å²) in [6, 6.07) is 12.9. The van der Waals surface area contributed by atoms with Gasteiger partial charge >= 0.3 is 5.97 Å². The van der Waals surface area contributed by atoms with Crippen LogP contribution in [0.4, 0.5) is 0 Å². The molecule has 6 nitrogen and oxygen atoms in total. The number of methoxy groups -OCH3 is 1. The lowest BCUT2D eigenvalue weighted by atomic mass is 9.92. The third-order valence-corrected chi connectivity index (χ3v) is 6.51. The SMILES string of the molecule is COC(=O)c1ccc2c(c1)nc(COc1ccc(Cl)cc1)n2CCCC1CCN(C)CC1. The molecule has 3 aromatic rings. The molecule has 0 atom stereocenters. The minimum absolute atomic E-state index is 0.345. The van der Waals surface area contributed by atoms with Gasteiger partial charge in [-0.05, 0) is 94.2 Å². The van der Waals surface area contributed by atoms with Crippen LogP contribution in [0.1, 0.15) is 41.9 Å². The van der Waals surface area contributed by atoms with Gasteiger partial charge in [0.2, 0.25) is 0 Å². The van der Waals surface area contributed by atoms with Crippen molar-refractivity contribution in [1.29, 1.82) is 0 Å². The van der Waals surface area contributed by atoms with Crippen molar-refractivity contribution in [2.75, 3.05) is 27.2 Å². The molecule has 1 fully saturated rings. The van der Waals surface area contributed by atoms with Crippen molar-refractivity contribution in [1.82, 2.24) is 14.5 Å². The molecule has 0 spiro atoms. The Kier molecular flexibility index (Phi) is 7.33. The van der Waals surface area contributed by atoms with E-state index in [9.17, 15) is 4.79 Å². The zero-order valence-electron chi connectivity index (χ0n) is 18.7. The van der Waals surface area contributed by atoms with Gasteiger partial charge < -0.3 is 18.9 Å². The number of rotatable bonds is 8. The second kappa shape index (κ2) is 10.4. The summed E-state index contributed by atoms with van der Waals surface area (Å²) in [7, 11) is 3.59. The van der Waals surface area contributed by atoms with Crippen LogP contribution in [0.3, 0.4) is 0 Å². The van der Waals surface area contributed by atoms with Crippen molar-refractivity contribution in [3.8, 4) is 5.75 Å². The van der Waals surface area contributed by atoms with Gasteiger partial charge in [0.1, 0.15) is 18.2 Å². The first-order valence-corrected chi connectivity index (χ1v) is 11.6. The molecule has 7 heteroatoms. The lowest BCUT2D eigenvalue weighted by Crippen LogP contribution is -2.30. The molecule has 2 aromatic carbocycles. The molecular formula is C25H30ClN3O3. The fourth-order valence-corrected chi connectivity index (χ4v) is 4.48. The van der Waals surface area contributed by atoms with Crippen molar-refractivity contribution in [3.05, 3.63) is 58.9 Å². The smallest absolute Gasteiger partial charge is 0.337 e. The number of benzene rings is 2. The maximum absolute atomic E-state index is 12.0. The number of carbonyl (C=O) groups excluding carboxylic acids is 1. The highest BCUT2D eigenvalue weighted by atomic mass is 35.5. The highest BCUT2D eigenvalue weighted by Gasteiger charge is 2.18. The number of esters is 1. The van der Waals surface area contributed by atoms with Crippen LogP contribution in [0.25, 0.3) is 11.0 Å². The van der Waals surface area contributed by atoms with Crippen molar-refractivity contribution in [3.63, 3.8) is 0 Å². The topological polar surface area (TPSA) is 56.6 Å². The first-order valence-electron chi connectivity index (χ1n) is 11.2. The number of halogens is 1. The zero-order chi connectivity index (χ0) is 22.5. The molecule has 0 N–H and O–H groups in total. The lowest BCUT2D eigenvalue weighted by Gasteiger charge is -2.28. The van der Waals surface area contributed by atoms with E-state index < -0.39 is 0 Å². The molecule has 2 heterocycles. The minimum atomic E-state index is -0.359. The highest BCUT2D eigenvalue weighted by Crippen LogP contribution is 2.25. The summed E-state index contributed by atoms with van der Waals surface area (Å²) in [6.07, 6.45) is 4.85. The molecule has 4 rings (SSSR count). The molecule has 1 aromatic heterocycles.